The minimum absolute atomic E-state index is 0.929. The summed E-state index contributed by atoms with van der Waals surface area (Å²) in [5, 5.41) is 0. The maximum Gasteiger partial charge on any atom is -0.0365 e. The summed E-state index contributed by atoms with van der Waals surface area (Å²) in [5.74, 6) is 3.00. The minimum atomic E-state index is 0.929. The largest absolute Gasteiger partial charge is 0.0625 e. The molecule has 0 radical (unpaired) electrons. The molecular weight excluding hydrogens is 96.1 g/mol. The Balaban J connectivity index is 2.26. The molecule has 0 amide bonds. The lowest BCUT2D eigenvalue weighted by Crippen LogP contribution is -2.27. The predicted molar refractivity (Wildman–Crippen MR) is 36.7 cm³/mol. The van der Waals surface area contributed by atoms with Gasteiger partial charge in [-0.25, -0.2) is 0 Å². The van der Waals surface area contributed by atoms with E-state index in [9.17, 15) is 0 Å². The lowest BCUT2D eigenvalue weighted by atomic mass is 9.69. The topological polar surface area (TPSA) is 0 Å². The summed E-state index contributed by atoms with van der Waals surface area (Å²) in [5.41, 5.74) is 0. The van der Waals surface area contributed by atoms with Crippen molar-refractivity contribution in [3.8, 4) is 0 Å². The molecule has 1 fully saturated rings. The zero-order valence-corrected chi connectivity index (χ0v) is 6.15. The Kier molecular flexibility index (Phi) is 1.59. The van der Waals surface area contributed by atoms with Crippen molar-refractivity contribution in [2.24, 2.45) is 17.8 Å². The molecule has 1 aliphatic rings. The van der Waals surface area contributed by atoms with Gasteiger partial charge in [-0.15, -0.1) is 0 Å². The van der Waals surface area contributed by atoms with Crippen LogP contribution >= 0.6 is 0 Å². The molecule has 0 saturated heterocycles. The Hall–Kier alpha value is 0. The van der Waals surface area contributed by atoms with E-state index in [4.69, 9.17) is 0 Å². The van der Waals surface area contributed by atoms with Crippen LogP contribution in [0.25, 0.3) is 0 Å². The van der Waals surface area contributed by atoms with Crippen LogP contribution in [0.5, 0.6) is 0 Å². The van der Waals surface area contributed by atoms with Crippen molar-refractivity contribution >= 4 is 0 Å². The standard InChI is InChI=1S/C8H16/c1-6(2)8-5-4-7(8)3/h6-8H,4-5H2,1-3H3/t7-,8+/m1/s1. The van der Waals surface area contributed by atoms with Crippen LogP contribution in [0.4, 0.5) is 0 Å². The van der Waals surface area contributed by atoms with Crippen LogP contribution in [0, 0.1) is 17.8 Å². The summed E-state index contributed by atoms with van der Waals surface area (Å²) in [4.78, 5) is 0. The van der Waals surface area contributed by atoms with E-state index in [2.05, 4.69) is 20.8 Å². The second-order valence-electron chi connectivity index (χ2n) is 3.46. The van der Waals surface area contributed by atoms with Gasteiger partial charge in [0.05, 0.1) is 0 Å². The Bertz CT molecular complexity index is 69.4. The zero-order chi connectivity index (χ0) is 6.15. The van der Waals surface area contributed by atoms with E-state index in [0.29, 0.717) is 0 Å². The van der Waals surface area contributed by atoms with Gasteiger partial charge in [0.1, 0.15) is 0 Å². The highest BCUT2D eigenvalue weighted by molar-refractivity contribution is 4.78. The van der Waals surface area contributed by atoms with Crippen molar-refractivity contribution in [3.05, 3.63) is 0 Å². The Morgan fingerprint density at radius 1 is 1.25 bits per heavy atom. The molecule has 0 heteroatoms. The van der Waals surface area contributed by atoms with Gasteiger partial charge in [0.15, 0.2) is 0 Å². The lowest BCUT2D eigenvalue weighted by Gasteiger charge is -2.36. The molecule has 0 unspecified atom stereocenters. The van der Waals surface area contributed by atoms with Gasteiger partial charge in [-0.2, -0.15) is 0 Å². The van der Waals surface area contributed by atoms with Gasteiger partial charge in [0, 0.05) is 0 Å². The van der Waals surface area contributed by atoms with Crippen LogP contribution in [0.1, 0.15) is 33.6 Å². The third-order valence-electron chi connectivity index (χ3n) is 2.54. The zero-order valence-electron chi connectivity index (χ0n) is 6.15. The van der Waals surface area contributed by atoms with E-state index in [1.54, 1.807) is 0 Å². The molecular formula is C8H16. The fourth-order valence-electron chi connectivity index (χ4n) is 1.68. The SMILES string of the molecule is CC(C)[C@@H]1CC[C@H]1C. The van der Waals surface area contributed by atoms with Crippen molar-refractivity contribution in [2.75, 3.05) is 0 Å². The Labute approximate surface area is 52.3 Å². The molecule has 8 heavy (non-hydrogen) atoms. The first kappa shape index (κ1) is 6.12. The molecule has 0 aliphatic heterocycles. The highest BCUT2D eigenvalue weighted by Gasteiger charge is 2.28. The monoisotopic (exact) mass is 112 g/mol. The van der Waals surface area contributed by atoms with Crippen LogP contribution in [0.15, 0.2) is 0 Å². The maximum atomic E-state index is 2.37. The molecule has 0 aromatic heterocycles. The molecule has 0 N–H and O–H groups in total. The van der Waals surface area contributed by atoms with Crippen molar-refractivity contribution < 1.29 is 0 Å². The second-order valence-corrected chi connectivity index (χ2v) is 3.46. The molecule has 0 spiro atoms. The molecule has 0 bridgehead atoms. The first-order valence-corrected chi connectivity index (χ1v) is 3.72. The summed E-state index contributed by atoms with van der Waals surface area (Å²) >= 11 is 0. The molecule has 2 atom stereocenters. The lowest BCUT2D eigenvalue weighted by molar-refractivity contribution is 0.139. The third kappa shape index (κ3) is 0.888. The maximum absolute atomic E-state index is 2.37. The van der Waals surface area contributed by atoms with Crippen molar-refractivity contribution in [1.82, 2.24) is 0 Å². The summed E-state index contributed by atoms with van der Waals surface area (Å²) in [6.07, 6.45) is 2.96. The van der Waals surface area contributed by atoms with Gasteiger partial charge < -0.3 is 0 Å². The highest BCUT2D eigenvalue weighted by Crippen LogP contribution is 2.38. The average Bonchev–Trinajstić information content (AvgIpc) is 1.61. The smallest absolute Gasteiger partial charge is 0.0365 e. The van der Waals surface area contributed by atoms with Gasteiger partial charge in [-0.1, -0.05) is 27.2 Å². The highest BCUT2D eigenvalue weighted by atomic mass is 14.3. The van der Waals surface area contributed by atoms with Crippen molar-refractivity contribution in [2.45, 2.75) is 33.6 Å². The van der Waals surface area contributed by atoms with Crippen LogP contribution in [-0.4, -0.2) is 0 Å². The van der Waals surface area contributed by atoms with Crippen LogP contribution < -0.4 is 0 Å². The third-order valence-corrected chi connectivity index (χ3v) is 2.54. The number of hydrogen-bond donors (Lipinski definition) is 0. The van der Waals surface area contributed by atoms with E-state index >= 15 is 0 Å². The van der Waals surface area contributed by atoms with Crippen molar-refractivity contribution in [1.29, 1.82) is 0 Å². The normalized spacial score (nSPS) is 37.5. The molecule has 1 rings (SSSR count). The molecule has 0 nitrogen and oxygen atoms in total. The van der Waals surface area contributed by atoms with Crippen LogP contribution in [-0.2, 0) is 0 Å². The van der Waals surface area contributed by atoms with Gasteiger partial charge >= 0.3 is 0 Å². The average molecular weight is 112 g/mol. The van der Waals surface area contributed by atoms with Crippen LogP contribution in [0.2, 0.25) is 0 Å². The summed E-state index contributed by atoms with van der Waals surface area (Å²) in [6, 6.07) is 0. The van der Waals surface area contributed by atoms with Crippen LogP contribution in [0.3, 0.4) is 0 Å². The first-order chi connectivity index (χ1) is 3.72. The molecule has 1 saturated carbocycles. The fourth-order valence-corrected chi connectivity index (χ4v) is 1.68. The molecule has 0 aromatic rings. The minimum Gasteiger partial charge on any atom is -0.0625 e. The van der Waals surface area contributed by atoms with Gasteiger partial charge in [-0.3, -0.25) is 0 Å². The fraction of sp³-hybridized carbons (Fsp3) is 1.00. The first-order valence-electron chi connectivity index (χ1n) is 3.72. The van der Waals surface area contributed by atoms with Gasteiger partial charge in [-0.05, 0) is 24.2 Å². The summed E-state index contributed by atoms with van der Waals surface area (Å²) in [7, 11) is 0. The van der Waals surface area contributed by atoms with E-state index in [0.717, 1.165) is 17.8 Å². The number of rotatable bonds is 1. The van der Waals surface area contributed by atoms with Gasteiger partial charge in [0.25, 0.3) is 0 Å². The molecule has 0 aromatic carbocycles. The Morgan fingerprint density at radius 2 is 1.88 bits per heavy atom. The summed E-state index contributed by atoms with van der Waals surface area (Å²) in [6.45, 7) is 7.04. The molecule has 1 aliphatic carbocycles. The Morgan fingerprint density at radius 3 is 1.88 bits per heavy atom. The van der Waals surface area contributed by atoms with E-state index in [1.807, 2.05) is 0 Å². The van der Waals surface area contributed by atoms with E-state index in [-0.39, 0.29) is 0 Å². The van der Waals surface area contributed by atoms with E-state index in [1.165, 1.54) is 12.8 Å². The predicted octanol–water partition coefficient (Wildman–Crippen LogP) is 2.69. The molecule has 48 valence electrons. The summed E-state index contributed by atoms with van der Waals surface area (Å²) < 4.78 is 0. The quantitative estimate of drug-likeness (QED) is 0.489. The van der Waals surface area contributed by atoms with Gasteiger partial charge in [0.2, 0.25) is 0 Å². The van der Waals surface area contributed by atoms with Crippen molar-refractivity contribution in [3.63, 3.8) is 0 Å². The second kappa shape index (κ2) is 2.08. The number of hydrogen-bond acceptors (Lipinski definition) is 0. The van der Waals surface area contributed by atoms with E-state index < -0.39 is 0 Å². The molecule has 0 heterocycles.